The first-order valence-corrected chi connectivity index (χ1v) is 9.93. The van der Waals surface area contributed by atoms with E-state index in [4.69, 9.17) is 14.5 Å². The van der Waals surface area contributed by atoms with Crippen LogP contribution < -0.4 is 5.32 Å². The first kappa shape index (κ1) is 22.5. The molecule has 8 heteroatoms. The molecule has 27 heavy (non-hydrogen) atoms. The second-order valence-corrected chi connectivity index (χ2v) is 8.74. The number of carbonyl (C=O) groups excluding carboxylic acids is 1. The molecule has 2 heterocycles. The lowest BCUT2D eigenvalue weighted by Gasteiger charge is -2.39. The molecule has 1 atom stereocenters. The number of carbonyl (C=O) groups is 1. The van der Waals surface area contributed by atoms with Crippen LogP contribution in [0.2, 0.25) is 0 Å². The van der Waals surface area contributed by atoms with E-state index in [1.165, 1.54) is 12.8 Å². The van der Waals surface area contributed by atoms with Crippen LogP contribution in [0.15, 0.2) is 4.99 Å². The molecule has 1 N–H and O–H groups in total. The topological polar surface area (TPSA) is 66.4 Å². The zero-order chi connectivity index (χ0) is 18.8. The van der Waals surface area contributed by atoms with Gasteiger partial charge in [-0.3, -0.25) is 4.99 Å². The number of hydrogen-bond donors (Lipinski definition) is 1. The first-order chi connectivity index (χ1) is 12.3. The number of guanidine groups is 1. The van der Waals surface area contributed by atoms with Crippen molar-refractivity contribution in [3.63, 3.8) is 0 Å². The monoisotopic (exact) mass is 494 g/mol. The highest BCUT2D eigenvalue weighted by atomic mass is 127. The molecule has 0 aromatic rings. The lowest BCUT2D eigenvalue weighted by molar-refractivity contribution is 0.0137. The molecule has 0 radical (unpaired) electrons. The Kier molecular flexibility index (Phi) is 7.63. The molecule has 3 rings (SSSR count). The van der Waals surface area contributed by atoms with E-state index >= 15 is 0 Å². The molecule has 0 aromatic carbocycles. The van der Waals surface area contributed by atoms with Gasteiger partial charge in [0, 0.05) is 39.4 Å². The van der Waals surface area contributed by atoms with Crippen LogP contribution in [0.1, 0.15) is 47.0 Å². The SMILES string of the molecule is CCOCCC1(CNC2=NCC3CN(C(=O)OC(C)(C)C)CCN23)CC1.I. The van der Waals surface area contributed by atoms with Crippen LogP contribution in [0.3, 0.4) is 0 Å². The van der Waals surface area contributed by atoms with Crippen molar-refractivity contribution < 1.29 is 14.3 Å². The highest BCUT2D eigenvalue weighted by molar-refractivity contribution is 14.0. The number of amides is 1. The van der Waals surface area contributed by atoms with Crippen LogP contribution in [0.25, 0.3) is 0 Å². The molecule has 1 unspecified atom stereocenters. The van der Waals surface area contributed by atoms with E-state index in [1.54, 1.807) is 0 Å². The van der Waals surface area contributed by atoms with Gasteiger partial charge in [-0.1, -0.05) is 0 Å². The molecule has 0 spiro atoms. The fourth-order valence-electron chi connectivity index (χ4n) is 3.61. The summed E-state index contributed by atoms with van der Waals surface area (Å²) in [6.07, 6.45) is 3.45. The Morgan fingerprint density at radius 2 is 2.07 bits per heavy atom. The maximum atomic E-state index is 12.3. The number of halogens is 1. The lowest BCUT2D eigenvalue weighted by atomic mass is 10.0. The maximum absolute atomic E-state index is 12.3. The van der Waals surface area contributed by atoms with E-state index in [1.807, 2.05) is 32.6 Å². The third-order valence-electron chi connectivity index (χ3n) is 5.42. The van der Waals surface area contributed by atoms with Gasteiger partial charge in [-0.2, -0.15) is 0 Å². The van der Waals surface area contributed by atoms with E-state index < -0.39 is 5.60 Å². The second-order valence-electron chi connectivity index (χ2n) is 8.74. The summed E-state index contributed by atoms with van der Waals surface area (Å²) in [4.78, 5) is 21.1. The second kappa shape index (κ2) is 9.15. The minimum absolute atomic E-state index is 0. The highest BCUT2D eigenvalue weighted by Gasteiger charge is 2.43. The van der Waals surface area contributed by atoms with Crippen molar-refractivity contribution in [3.8, 4) is 0 Å². The molecule has 1 amide bonds. The third kappa shape index (κ3) is 6.10. The number of piperazine rings is 1. The van der Waals surface area contributed by atoms with Crippen LogP contribution in [0.4, 0.5) is 4.79 Å². The molecular formula is C19H35IN4O3. The molecule has 2 fully saturated rings. The summed E-state index contributed by atoms with van der Waals surface area (Å²) in [5.41, 5.74) is -0.0543. The summed E-state index contributed by atoms with van der Waals surface area (Å²) >= 11 is 0. The largest absolute Gasteiger partial charge is 0.444 e. The Bertz CT molecular complexity index is 546. The third-order valence-corrected chi connectivity index (χ3v) is 5.42. The molecule has 7 nitrogen and oxygen atoms in total. The van der Waals surface area contributed by atoms with E-state index in [0.717, 1.165) is 45.2 Å². The van der Waals surface area contributed by atoms with Crippen LogP contribution in [0.5, 0.6) is 0 Å². The van der Waals surface area contributed by atoms with E-state index in [-0.39, 0.29) is 36.1 Å². The van der Waals surface area contributed by atoms with Crippen molar-refractivity contribution in [1.29, 1.82) is 0 Å². The summed E-state index contributed by atoms with van der Waals surface area (Å²) in [6.45, 7) is 13.3. The van der Waals surface area contributed by atoms with Crippen molar-refractivity contribution in [2.45, 2.75) is 58.6 Å². The van der Waals surface area contributed by atoms with Gasteiger partial charge in [0.05, 0.1) is 12.6 Å². The molecule has 2 aliphatic heterocycles. The summed E-state index contributed by atoms with van der Waals surface area (Å²) in [6, 6.07) is 0.261. The van der Waals surface area contributed by atoms with Crippen LogP contribution >= 0.6 is 24.0 Å². The van der Waals surface area contributed by atoms with Gasteiger partial charge in [0.15, 0.2) is 5.96 Å². The average Bonchev–Trinajstić information content (AvgIpc) is 3.22. The number of ether oxygens (including phenoxy) is 2. The molecule has 0 bridgehead atoms. The van der Waals surface area contributed by atoms with Crippen molar-refractivity contribution in [2.75, 3.05) is 45.9 Å². The zero-order valence-corrected chi connectivity index (χ0v) is 19.5. The minimum atomic E-state index is -0.451. The lowest BCUT2D eigenvalue weighted by Crippen LogP contribution is -2.57. The number of fused-ring (bicyclic) bond motifs is 1. The fourth-order valence-corrected chi connectivity index (χ4v) is 3.61. The Hall–Kier alpha value is -0.770. The van der Waals surface area contributed by atoms with Gasteiger partial charge in [-0.25, -0.2) is 4.79 Å². The molecule has 0 aromatic heterocycles. The predicted octanol–water partition coefficient (Wildman–Crippen LogP) is 2.69. The average molecular weight is 494 g/mol. The van der Waals surface area contributed by atoms with Gasteiger partial charge < -0.3 is 24.6 Å². The van der Waals surface area contributed by atoms with E-state index in [9.17, 15) is 4.79 Å². The summed E-state index contributed by atoms with van der Waals surface area (Å²) in [7, 11) is 0. The van der Waals surface area contributed by atoms with Crippen molar-refractivity contribution in [3.05, 3.63) is 0 Å². The number of nitrogens with zero attached hydrogens (tertiary/aromatic N) is 3. The summed E-state index contributed by atoms with van der Waals surface area (Å²) in [5, 5.41) is 3.58. The normalized spacial score (nSPS) is 23.3. The number of hydrogen-bond acceptors (Lipinski definition) is 6. The Balaban J connectivity index is 0.00000261. The van der Waals surface area contributed by atoms with Gasteiger partial charge in [0.2, 0.25) is 0 Å². The summed E-state index contributed by atoms with van der Waals surface area (Å²) < 4.78 is 11.0. The van der Waals surface area contributed by atoms with Gasteiger partial charge in [0.25, 0.3) is 0 Å². The van der Waals surface area contributed by atoms with Crippen molar-refractivity contribution in [2.24, 2.45) is 10.4 Å². The van der Waals surface area contributed by atoms with Crippen LogP contribution in [-0.4, -0.2) is 79.4 Å². The Morgan fingerprint density at radius 3 is 2.70 bits per heavy atom. The van der Waals surface area contributed by atoms with Crippen molar-refractivity contribution in [1.82, 2.24) is 15.1 Å². The van der Waals surface area contributed by atoms with Gasteiger partial charge in [-0.15, -0.1) is 24.0 Å². The Labute approximate surface area is 180 Å². The molecule has 1 saturated carbocycles. The van der Waals surface area contributed by atoms with Gasteiger partial charge >= 0.3 is 6.09 Å². The van der Waals surface area contributed by atoms with E-state index in [0.29, 0.717) is 18.5 Å². The quantitative estimate of drug-likeness (QED) is 0.455. The smallest absolute Gasteiger partial charge is 0.410 e. The van der Waals surface area contributed by atoms with Crippen molar-refractivity contribution >= 4 is 36.0 Å². The van der Waals surface area contributed by atoms with E-state index in [2.05, 4.69) is 10.2 Å². The van der Waals surface area contributed by atoms with Gasteiger partial charge in [0.1, 0.15) is 5.60 Å². The number of nitrogens with one attached hydrogen (secondary N) is 1. The van der Waals surface area contributed by atoms with Crippen LogP contribution in [-0.2, 0) is 9.47 Å². The minimum Gasteiger partial charge on any atom is -0.444 e. The fraction of sp³-hybridized carbons (Fsp3) is 0.895. The molecule has 1 aliphatic carbocycles. The molecular weight excluding hydrogens is 459 g/mol. The summed E-state index contributed by atoms with van der Waals surface area (Å²) in [5.74, 6) is 1.00. The molecule has 3 aliphatic rings. The van der Waals surface area contributed by atoms with Crippen LogP contribution in [0, 0.1) is 5.41 Å². The standard InChI is InChI=1S/C19H34N4O3.HI/c1-5-25-11-8-19(6-7-19)14-21-16-20-12-15-13-22(9-10-23(15)16)17(24)26-18(2,3)4;/h15H,5-14H2,1-4H3,(H,20,21);1H. The number of aliphatic imine (C=N–C) groups is 1. The zero-order valence-electron chi connectivity index (χ0n) is 17.1. The molecule has 1 saturated heterocycles. The first-order valence-electron chi connectivity index (χ1n) is 9.93. The maximum Gasteiger partial charge on any atom is 0.410 e. The predicted molar refractivity (Wildman–Crippen MR) is 117 cm³/mol. The number of rotatable bonds is 6. The Morgan fingerprint density at radius 1 is 1.33 bits per heavy atom. The highest BCUT2D eigenvalue weighted by Crippen LogP contribution is 2.48. The molecule has 156 valence electrons. The van der Waals surface area contributed by atoms with Gasteiger partial charge in [-0.05, 0) is 52.4 Å².